The van der Waals surface area contributed by atoms with Crippen LogP contribution in [0.2, 0.25) is 5.15 Å². The molecular formula is C23H35ClN6O4S2. The first-order valence-corrected chi connectivity index (χ1v) is 15.5. The molecule has 0 aromatic carbocycles. The average Bonchev–Trinajstić information content (AvgIpc) is 3.45. The molecule has 1 amide bonds. The highest BCUT2D eigenvalue weighted by atomic mass is 35.5. The van der Waals surface area contributed by atoms with Crippen LogP contribution in [0.4, 0.5) is 0 Å². The van der Waals surface area contributed by atoms with E-state index >= 15 is 0 Å². The Hall–Kier alpha value is -1.28. The van der Waals surface area contributed by atoms with E-state index in [9.17, 15) is 13.2 Å². The van der Waals surface area contributed by atoms with E-state index in [2.05, 4.69) is 21.8 Å². The van der Waals surface area contributed by atoms with Crippen molar-refractivity contribution in [2.24, 2.45) is 0 Å². The number of thiazole rings is 1. The molecule has 0 saturated carbocycles. The third-order valence-corrected chi connectivity index (χ3v) is 10.8. The molecule has 200 valence electrons. The molecule has 2 aromatic rings. The SMILES string of the molecule is CN1CCC(N2CCN(C(=O)COCC3CCCCN3S(=O)(=O)c3c(Cl)nc4sccn34)CC2)CC1. The zero-order valence-electron chi connectivity index (χ0n) is 20.7. The summed E-state index contributed by atoms with van der Waals surface area (Å²) in [5.74, 6) is -0.0259. The summed E-state index contributed by atoms with van der Waals surface area (Å²) < 4.78 is 36.0. The highest BCUT2D eigenvalue weighted by Gasteiger charge is 2.38. The number of fused-ring (bicyclic) bond motifs is 1. The lowest BCUT2D eigenvalue weighted by atomic mass is 10.0. The molecule has 1 unspecified atom stereocenters. The Morgan fingerprint density at radius 3 is 2.61 bits per heavy atom. The Labute approximate surface area is 221 Å². The molecule has 0 radical (unpaired) electrons. The van der Waals surface area contributed by atoms with Gasteiger partial charge in [0.2, 0.25) is 5.91 Å². The number of piperidine rings is 2. The minimum absolute atomic E-state index is 0.00544. The third kappa shape index (κ3) is 5.45. The van der Waals surface area contributed by atoms with Gasteiger partial charge in [-0.25, -0.2) is 13.4 Å². The number of likely N-dealkylation sites (tertiary alicyclic amines) is 1. The standard InChI is InChI=1S/C23H35ClN6O4S2/c1-26-8-5-18(6-9-26)27-10-12-28(13-11-27)20(31)17-34-16-19-4-2-3-7-30(19)36(32,33)22-21(24)25-23-29(22)14-15-35-23/h14-15,18-19H,2-13,16-17H2,1H3. The fourth-order valence-corrected chi connectivity index (χ4v) is 8.70. The first-order chi connectivity index (χ1) is 17.3. The second-order valence-electron chi connectivity index (χ2n) is 10.00. The molecule has 10 nitrogen and oxygen atoms in total. The molecule has 0 bridgehead atoms. The van der Waals surface area contributed by atoms with Crippen LogP contribution in [-0.2, 0) is 19.6 Å². The van der Waals surface area contributed by atoms with Crippen molar-refractivity contribution in [1.29, 1.82) is 0 Å². The Morgan fingerprint density at radius 1 is 1.11 bits per heavy atom. The summed E-state index contributed by atoms with van der Waals surface area (Å²) in [7, 11) is -1.69. The summed E-state index contributed by atoms with van der Waals surface area (Å²) in [4.78, 5) is 24.3. The molecule has 2 aromatic heterocycles. The van der Waals surface area contributed by atoms with Crippen LogP contribution in [0.5, 0.6) is 0 Å². The van der Waals surface area contributed by atoms with Gasteiger partial charge in [0, 0.05) is 56.4 Å². The van der Waals surface area contributed by atoms with Gasteiger partial charge in [-0.1, -0.05) is 18.0 Å². The van der Waals surface area contributed by atoms with Crippen LogP contribution in [0, 0.1) is 0 Å². The predicted molar refractivity (Wildman–Crippen MR) is 139 cm³/mol. The van der Waals surface area contributed by atoms with Gasteiger partial charge < -0.3 is 14.5 Å². The summed E-state index contributed by atoms with van der Waals surface area (Å²) in [5.41, 5.74) is 0. The van der Waals surface area contributed by atoms with Crippen molar-refractivity contribution in [3.8, 4) is 0 Å². The molecular weight excluding hydrogens is 524 g/mol. The maximum atomic E-state index is 13.6. The van der Waals surface area contributed by atoms with Gasteiger partial charge in [-0.3, -0.25) is 14.1 Å². The number of hydrogen-bond donors (Lipinski definition) is 0. The van der Waals surface area contributed by atoms with Crippen LogP contribution in [0.3, 0.4) is 0 Å². The van der Waals surface area contributed by atoms with Gasteiger partial charge in [0.25, 0.3) is 10.0 Å². The summed E-state index contributed by atoms with van der Waals surface area (Å²) in [6.07, 6.45) is 6.44. The summed E-state index contributed by atoms with van der Waals surface area (Å²) >= 11 is 7.58. The maximum Gasteiger partial charge on any atom is 0.262 e. The summed E-state index contributed by atoms with van der Waals surface area (Å²) in [5, 5.41) is 1.78. The largest absolute Gasteiger partial charge is 0.370 e. The van der Waals surface area contributed by atoms with Crippen LogP contribution < -0.4 is 0 Å². The number of sulfonamides is 1. The van der Waals surface area contributed by atoms with E-state index < -0.39 is 10.0 Å². The highest BCUT2D eigenvalue weighted by molar-refractivity contribution is 7.89. The number of nitrogens with zero attached hydrogens (tertiary/aromatic N) is 6. The molecule has 3 fully saturated rings. The van der Waals surface area contributed by atoms with Gasteiger partial charge in [0.15, 0.2) is 15.1 Å². The average molecular weight is 559 g/mol. The smallest absolute Gasteiger partial charge is 0.262 e. The molecule has 3 saturated heterocycles. The number of carbonyl (C=O) groups is 1. The molecule has 0 spiro atoms. The van der Waals surface area contributed by atoms with E-state index in [0.29, 0.717) is 24.0 Å². The van der Waals surface area contributed by atoms with Gasteiger partial charge in [0.1, 0.15) is 6.61 Å². The lowest BCUT2D eigenvalue weighted by molar-refractivity contribution is -0.138. The van der Waals surface area contributed by atoms with Gasteiger partial charge in [-0.2, -0.15) is 4.31 Å². The van der Waals surface area contributed by atoms with E-state index in [1.807, 2.05) is 4.90 Å². The number of rotatable bonds is 7. The van der Waals surface area contributed by atoms with Crippen LogP contribution in [0.1, 0.15) is 32.1 Å². The molecule has 13 heteroatoms. The molecule has 3 aliphatic heterocycles. The van der Waals surface area contributed by atoms with Crippen LogP contribution in [0.15, 0.2) is 16.6 Å². The Kier molecular flexibility index (Phi) is 8.21. The molecule has 3 aliphatic rings. The highest BCUT2D eigenvalue weighted by Crippen LogP contribution is 2.31. The van der Waals surface area contributed by atoms with Gasteiger partial charge in [-0.05, 0) is 45.8 Å². The zero-order valence-corrected chi connectivity index (χ0v) is 23.1. The van der Waals surface area contributed by atoms with Gasteiger partial charge in [-0.15, -0.1) is 11.3 Å². The molecule has 0 N–H and O–H groups in total. The summed E-state index contributed by atoms with van der Waals surface area (Å²) in [6.45, 7) is 6.06. The molecule has 0 aliphatic carbocycles. The van der Waals surface area contributed by atoms with E-state index in [-0.39, 0.29) is 35.3 Å². The number of hydrogen-bond acceptors (Lipinski definition) is 8. The topological polar surface area (TPSA) is 90.7 Å². The van der Waals surface area contributed by atoms with Crippen LogP contribution >= 0.6 is 22.9 Å². The fraction of sp³-hybridized carbons (Fsp3) is 0.739. The van der Waals surface area contributed by atoms with Crippen molar-refractivity contribution in [2.75, 3.05) is 66.1 Å². The van der Waals surface area contributed by atoms with Gasteiger partial charge >= 0.3 is 0 Å². The molecule has 5 rings (SSSR count). The van der Waals surface area contributed by atoms with Crippen LogP contribution in [0.25, 0.3) is 4.96 Å². The predicted octanol–water partition coefficient (Wildman–Crippen LogP) is 1.85. The van der Waals surface area contributed by atoms with Crippen molar-refractivity contribution >= 4 is 43.8 Å². The lowest BCUT2D eigenvalue weighted by Crippen LogP contribution is -2.54. The van der Waals surface area contributed by atoms with E-state index in [1.165, 1.54) is 32.9 Å². The fourth-order valence-electron chi connectivity index (χ4n) is 5.61. The monoisotopic (exact) mass is 558 g/mol. The van der Waals surface area contributed by atoms with Crippen LogP contribution in [-0.4, -0.2) is 121 Å². The van der Waals surface area contributed by atoms with Crippen molar-refractivity contribution in [2.45, 2.75) is 49.2 Å². The number of amides is 1. The van der Waals surface area contributed by atoms with Gasteiger partial charge in [0.05, 0.1) is 6.61 Å². The number of imidazole rings is 1. The zero-order chi connectivity index (χ0) is 25.3. The second kappa shape index (κ2) is 11.2. The number of halogens is 1. The van der Waals surface area contributed by atoms with E-state index in [1.54, 1.807) is 11.6 Å². The van der Waals surface area contributed by atoms with Crippen molar-refractivity contribution in [1.82, 2.24) is 28.4 Å². The Bertz CT molecular complexity index is 1150. The second-order valence-corrected chi connectivity index (χ2v) is 13.0. The Morgan fingerprint density at radius 2 is 1.86 bits per heavy atom. The lowest BCUT2D eigenvalue weighted by Gasteiger charge is -2.42. The number of ether oxygens (including phenoxy) is 1. The maximum absolute atomic E-state index is 13.6. The number of piperazine rings is 1. The molecule has 36 heavy (non-hydrogen) atoms. The minimum atomic E-state index is -3.86. The van der Waals surface area contributed by atoms with Crippen molar-refractivity contribution < 1.29 is 17.9 Å². The van der Waals surface area contributed by atoms with E-state index in [0.717, 1.165) is 52.1 Å². The van der Waals surface area contributed by atoms with Crippen molar-refractivity contribution in [3.63, 3.8) is 0 Å². The first kappa shape index (κ1) is 26.3. The van der Waals surface area contributed by atoms with Crippen molar-refractivity contribution in [3.05, 3.63) is 16.7 Å². The first-order valence-electron chi connectivity index (χ1n) is 12.8. The Balaban J connectivity index is 1.14. The number of carbonyl (C=O) groups excluding carboxylic acids is 1. The number of aromatic nitrogens is 2. The third-order valence-electron chi connectivity index (χ3n) is 7.71. The summed E-state index contributed by atoms with van der Waals surface area (Å²) in [6, 6.07) is 0.284. The quantitative estimate of drug-likeness (QED) is 0.512. The minimum Gasteiger partial charge on any atom is -0.370 e. The normalized spacial score (nSPS) is 24.1. The molecule has 5 heterocycles. The molecule has 1 atom stereocenters. The van der Waals surface area contributed by atoms with E-state index in [4.69, 9.17) is 16.3 Å².